The molecule has 0 atom stereocenters. The molecule has 0 bridgehead atoms. The first-order valence-electron chi connectivity index (χ1n) is 7.12. The van der Waals surface area contributed by atoms with Crippen molar-refractivity contribution in [1.82, 2.24) is 5.32 Å². The number of carbonyl (C=O) groups is 2. The van der Waals surface area contributed by atoms with E-state index in [1.807, 2.05) is 0 Å². The van der Waals surface area contributed by atoms with Crippen LogP contribution in [0.2, 0.25) is 0 Å². The molecule has 0 aliphatic heterocycles. The Labute approximate surface area is 109 Å². The van der Waals surface area contributed by atoms with Gasteiger partial charge in [0.15, 0.2) is 0 Å². The van der Waals surface area contributed by atoms with E-state index in [9.17, 15) is 9.59 Å². The third-order valence-corrected chi connectivity index (χ3v) is 3.28. The van der Waals surface area contributed by atoms with Crippen molar-refractivity contribution in [2.75, 3.05) is 6.54 Å². The van der Waals surface area contributed by atoms with Crippen LogP contribution in [-0.4, -0.2) is 24.5 Å². The molecule has 0 aromatic carbocycles. The molecule has 0 heterocycles. The normalized spacial score (nSPS) is 17.6. The lowest BCUT2D eigenvalue weighted by atomic mass is 9.98. The lowest BCUT2D eigenvalue weighted by Crippen LogP contribution is -2.23. The molecule has 0 saturated heterocycles. The maximum absolute atomic E-state index is 11.6. The largest absolute Gasteiger partial charge is 0.462 e. The Balaban J connectivity index is 2.11. The molecule has 0 aromatic rings. The molecule has 0 radical (unpaired) electrons. The molecular formula is C14H25NO3. The molecule has 4 nitrogen and oxygen atoms in total. The first-order valence-corrected chi connectivity index (χ1v) is 7.12. The topological polar surface area (TPSA) is 55.4 Å². The SMILES string of the molecule is CC(=O)NCCCC(=O)OC1CCCCCCC1. The van der Waals surface area contributed by atoms with Gasteiger partial charge in [0.2, 0.25) is 5.91 Å². The van der Waals surface area contributed by atoms with Gasteiger partial charge < -0.3 is 10.1 Å². The van der Waals surface area contributed by atoms with Gasteiger partial charge in [0, 0.05) is 19.9 Å². The van der Waals surface area contributed by atoms with Gasteiger partial charge in [-0.05, 0) is 32.1 Å². The van der Waals surface area contributed by atoms with Gasteiger partial charge in [-0.2, -0.15) is 0 Å². The van der Waals surface area contributed by atoms with E-state index in [0.29, 0.717) is 19.4 Å². The van der Waals surface area contributed by atoms with Crippen LogP contribution < -0.4 is 5.32 Å². The van der Waals surface area contributed by atoms with Crippen molar-refractivity contribution in [2.45, 2.75) is 70.8 Å². The number of carbonyl (C=O) groups excluding carboxylic acids is 2. The second kappa shape index (κ2) is 8.95. The van der Waals surface area contributed by atoms with Crippen molar-refractivity contribution < 1.29 is 14.3 Å². The molecule has 4 heteroatoms. The van der Waals surface area contributed by atoms with Gasteiger partial charge in [0.05, 0.1) is 0 Å². The average molecular weight is 255 g/mol. The summed E-state index contributed by atoms with van der Waals surface area (Å²) in [6.45, 7) is 2.03. The van der Waals surface area contributed by atoms with Crippen LogP contribution in [0.4, 0.5) is 0 Å². The van der Waals surface area contributed by atoms with Gasteiger partial charge in [-0.25, -0.2) is 0 Å². The van der Waals surface area contributed by atoms with Crippen LogP contribution in [0.1, 0.15) is 64.7 Å². The summed E-state index contributed by atoms with van der Waals surface area (Å²) in [5.41, 5.74) is 0. The van der Waals surface area contributed by atoms with Gasteiger partial charge in [-0.15, -0.1) is 0 Å². The lowest BCUT2D eigenvalue weighted by Gasteiger charge is -2.20. The van der Waals surface area contributed by atoms with Crippen LogP contribution in [-0.2, 0) is 14.3 Å². The van der Waals surface area contributed by atoms with Gasteiger partial charge in [0.1, 0.15) is 6.10 Å². The highest BCUT2D eigenvalue weighted by molar-refractivity contribution is 5.73. The van der Waals surface area contributed by atoms with E-state index >= 15 is 0 Å². The molecule has 0 unspecified atom stereocenters. The second-order valence-corrected chi connectivity index (χ2v) is 5.04. The zero-order chi connectivity index (χ0) is 13.2. The highest BCUT2D eigenvalue weighted by Gasteiger charge is 2.15. The minimum Gasteiger partial charge on any atom is -0.462 e. The highest BCUT2D eigenvalue weighted by atomic mass is 16.5. The van der Waals surface area contributed by atoms with Gasteiger partial charge in [-0.1, -0.05) is 19.3 Å². The van der Waals surface area contributed by atoms with Crippen LogP contribution in [0.15, 0.2) is 0 Å². The number of amides is 1. The van der Waals surface area contributed by atoms with E-state index < -0.39 is 0 Å². The summed E-state index contributed by atoms with van der Waals surface area (Å²) in [6, 6.07) is 0. The van der Waals surface area contributed by atoms with Crippen molar-refractivity contribution in [3.8, 4) is 0 Å². The van der Waals surface area contributed by atoms with Crippen molar-refractivity contribution in [1.29, 1.82) is 0 Å². The Bertz CT molecular complexity index is 258. The van der Waals surface area contributed by atoms with Crippen molar-refractivity contribution in [3.63, 3.8) is 0 Å². The van der Waals surface area contributed by atoms with Crippen LogP contribution in [0, 0.1) is 0 Å². The van der Waals surface area contributed by atoms with E-state index in [4.69, 9.17) is 4.74 Å². The summed E-state index contributed by atoms with van der Waals surface area (Å²) in [6.07, 6.45) is 9.38. The Kier molecular flexibility index (Phi) is 7.46. The lowest BCUT2D eigenvalue weighted by molar-refractivity contribution is -0.150. The van der Waals surface area contributed by atoms with Crippen molar-refractivity contribution in [3.05, 3.63) is 0 Å². The fourth-order valence-corrected chi connectivity index (χ4v) is 2.28. The van der Waals surface area contributed by atoms with Gasteiger partial charge >= 0.3 is 5.97 Å². The number of esters is 1. The van der Waals surface area contributed by atoms with Gasteiger partial charge in [-0.3, -0.25) is 9.59 Å². The first kappa shape index (κ1) is 15.0. The smallest absolute Gasteiger partial charge is 0.306 e. The molecule has 1 amide bonds. The Morgan fingerprint density at radius 2 is 1.72 bits per heavy atom. The number of rotatable bonds is 5. The zero-order valence-electron chi connectivity index (χ0n) is 11.4. The molecule has 104 valence electrons. The quantitative estimate of drug-likeness (QED) is 0.607. The highest BCUT2D eigenvalue weighted by Crippen LogP contribution is 2.19. The minimum absolute atomic E-state index is 0.0524. The second-order valence-electron chi connectivity index (χ2n) is 5.04. The van der Waals surface area contributed by atoms with E-state index in [-0.39, 0.29) is 18.0 Å². The van der Waals surface area contributed by atoms with E-state index in [1.54, 1.807) is 0 Å². The predicted molar refractivity (Wildman–Crippen MR) is 70.1 cm³/mol. The molecule has 1 aliphatic rings. The maximum Gasteiger partial charge on any atom is 0.306 e. The van der Waals surface area contributed by atoms with E-state index in [1.165, 1.54) is 39.0 Å². The van der Waals surface area contributed by atoms with Crippen molar-refractivity contribution >= 4 is 11.9 Å². The molecule has 18 heavy (non-hydrogen) atoms. The minimum atomic E-state index is -0.120. The summed E-state index contributed by atoms with van der Waals surface area (Å²) in [4.78, 5) is 22.3. The zero-order valence-corrected chi connectivity index (χ0v) is 11.4. The predicted octanol–water partition coefficient (Wildman–Crippen LogP) is 2.56. The fraction of sp³-hybridized carbons (Fsp3) is 0.857. The first-order chi connectivity index (χ1) is 8.68. The van der Waals surface area contributed by atoms with Gasteiger partial charge in [0.25, 0.3) is 0 Å². The molecule has 1 fully saturated rings. The average Bonchev–Trinajstić information content (AvgIpc) is 2.28. The summed E-state index contributed by atoms with van der Waals surface area (Å²) in [5.74, 6) is -0.172. The third-order valence-electron chi connectivity index (χ3n) is 3.28. The number of hydrogen-bond acceptors (Lipinski definition) is 3. The van der Waals surface area contributed by atoms with Crippen LogP contribution in [0.25, 0.3) is 0 Å². The number of nitrogens with one attached hydrogen (secondary N) is 1. The van der Waals surface area contributed by atoms with E-state index in [2.05, 4.69) is 5.32 Å². The van der Waals surface area contributed by atoms with E-state index in [0.717, 1.165) is 12.8 Å². The maximum atomic E-state index is 11.6. The Morgan fingerprint density at radius 1 is 1.11 bits per heavy atom. The molecular weight excluding hydrogens is 230 g/mol. The molecule has 1 rings (SSSR count). The van der Waals surface area contributed by atoms with Crippen LogP contribution >= 0.6 is 0 Å². The summed E-state index contributed by atoms with van der Waals surface area (Å²) in [5, 5.41) is 2.68. The monoisotopic (exact) mass is 255 g/mol. The third kappa shape index (κ3) is 7.30. The van der Waals surface area contributed by atoms with Crippen molar-refractivity contribution in [2.24, 2.45) is 0 Å². The Hall–Kier alpha value is -1.06. The van der Waals surface area contributed by atoms with Crippen LogP contribution in [0.5, 0.6) is 0 Å². The molecule has 1 N–H and O–H groups in total. The molecule has 0 spiro atoms. The molecule has 0 aromatic heterocycles. The molecule has 1 aliphatic carbocycles. The number of hydrogen-bond donors (Lipinski definition) is 1. The summed E-state index contributed by atoms with van der Waals surface area (Å²) >= 11 is 0. The molecule has 1 saturated carbocycles. The number of ether oxygens (including phenoxy) is 1. The fourth-order valence-electron chi connectivity index (χ4n) is 2.28. The Morgan fingerprint density at radius 3 is 2.33 bits per heavy atom. The summed E-state index contributed by atoms with van der Waals surface area (Å²) < 4.78 is 5.48. The van der Waals surface area contributed by atoms with Crippen LogP contribution in [0.3, 0.4) is 0 Å². The standard InChI is InChI=1S/C14H25NO3/c1-12(16)15-11-7-10-14(17)18-13-8-5-3-2-4-6-9-13/h13H,2-11H2,1H3,(H,15,16). The summed E-state index contributed by atoms with van der Waals surface area (Å²) in [7, 11) is 0.